The summed E-state index contributed by atoms with van der Waals surface area (Å²) < 4.78 is 71.0. The van der Waals surface area contributed by atoms with Gasteiger partial charge in [-0.15, -0.1) is 0 Å². The number of nitrogens with zero attached hydrogens (tertiary/aromatic N) is 1. The van der Waals surface area contributed by atoms with E-state index in [2.05, 4.69) is 0 Å². The summed E-state index contributed by atoms with van der Waals surface area (Å²) in [6, 6.07) is -2.28. The van der Waals surface area contributed by atoms with Crippen LogP contribution in [-0.4, -0.2) is 35.7 Å². The fraction of sp³-hybridized carbons (Fsp3) is 0.833. The van der Waals surface area contributed by atoms with Crippen LogP contribution in [0, 0.1) is 0 Å². The van der Waals surface area contributed by atoms with Crippen molar-refractivity contribution >= 4 is 5.91 Å². The molecule has 0 N–H and O–H groups in total. The Kier molecular flexibility index (Phi) is 2.41. The molecule has 0 radical (unpaired) electrons. The number of halogens is 6. The van der Waals surface area contributed by atoms with Crippen LogP contribution in [0.4, 0.5) is 26.3 Å². The van der Waals surface area contributed by atoms with Crippen LogP contribution in [-0.2, 0) is 4.79 Å². The van der Waals surface area contributed by atoms with Crippen molar-refractivity contribution in [2.75, 3.05) is 6.54 Å². The molecular weight excluding hydrogens is 216 g/mol. The molecule has 8 heteroatoms. The number of likely N-dealkylation sites (tertiary alicyclic amines) is 1. The molecule has 1 fully saturated rings. The molecule has 1 unspecified atom stereocenters. The number of hydrogen-bond acceptors (Lipinski definition) is 1. The summed E-state index contributed by atoms with van der Waals surface area (Å²) >= 11 is 0. The summed E-state index contributed by atoms with van der Waals surface area (Å²) in [6.07, 6.45) is -10.5. The molecule has 0 aliphatic carbocycles. The van der Waals surface area contributed by atoms with Crippen molar-refractivity contribution in [3.8, 4) is 0 Å². The highest BCUT2D eigenvalue weighted by Crippen LogP contribution is 2.36. The summed E-state index contributed by atoms with van der Waals surface area (Å²) in [5.74, 6) is -2.42. The molecule has 1 atom stereocenters. The van der Waals surface area contributed by atoms with Gasteiger partial charge in [0.25, 0.3) is 0 Å². The third-order valence-corrected chi connectivity index (χ3v) is 1.90. The van der Waals surface area contributed by atoms with Crippen LogP contribution in [0.5, 0.6) is 0 Å². The first kappa shape index (κ1) is 11.1. The summed E-state index contributed by atoms with van der Waals surface area (Å²) in [5, 5.41) is 0. The Labute approximate surface area is 74.5 Å². The molecule has 1 heterocycles. The average molecular weight is 221 g/mol. The number of alkyl halides is 6. The van der Waals surface area contributed by atoms with Gasteiger partial charge < -0.3 is 4.90 Å². The maximum atomic E-state index is 11.9. The van der Waals surface area contributed by atoms with Gasteiger partial charge in [-0.3, -0.25) is 4.79 Å². The topological polar surface area (TPSA) is 20.3 Å². The first-order valence-electron chi connectivity index (χ1n) is 3.58. The van der Waals surface area contributed by atoms with Gasteiger partial charge in [0.15, 0.2) is 0 Å². The zero-order valence-electron chi connectivity index (χ0n) is 6.61. The van der Waals surface area contributed by atoms with Crippen molar-refractivity contribution < 1.29 is 31.1 Å². The van der Waals surface area contributed by atoms with Crippen molar-refractivity contribution in [2.45, 2.75) is 24.8 Å². The largest absolute Gasteiger partial charge is 0.471 e. The van der Waals surface area contributed by atoms with Gasteiger partial charge >= 0.3 is 18.3 Å². The Morgan fingerprint density at radius 1 is 1.14 bits per heavy atom. The summed E-state index contributed by atoms with van der Waals surface area (Å²) in [5.41, 5.74) is 0. The molecular formula is C6H5F6NO. The molecule has 82 valence electrons. The lowest BCUT2D eigenvalue weighted by Gasteiger charge is -2.41. The molecule has 0 aromatic rings. The number of amides is 1. The van der Waals surface area contributed by atoms with Crippen molar-refractivity contribution in [2.24, 2.45) is 0 Å². The molecule has 1 aliphatic rings. The maximum Gasteiger partial charge on any atom is 0.471 e. The van der Waals surface area contributed by atoms with E-state index in [0.717, 1.165) is 0 Å². The van der Waals surface area contributed by atoms with Crippen LogP contribution in [0.15, 0.2) is 0 Å². The van der Waals surface area contributed by atoms with E-state index < -0.39 is 37.3 Å². The molecule has 14 heavy (non-hydrogen) atoms. The number of carbonyl (C=O) groups is 1. The third kappa shape index (κ3) is 1.93. The zero-order valence-corrected chi connectivity index (χ0v) is 6.61. The highest BCUT2D eigenvalue weighted by molar-refractivity contribution is 5.83. The van der Waals surface area contributed by atoms with Crippen LogP contribution in [0.2, 0.25) is 0 Å². The van der Waals surface area contributed by atoms with Crippen LogP contribution >= 0.6 is 0 Å². The molecule has 2 nitrogen and oxygen atoms in total. The smallest absolute Gasteiger partial charge is 0.323 e. The average Bonchev–Trinajstić information content (AvgIpc) is 1.77. The first-order valence-corrected chi connectivity index (χ1v) is 3.58. The number of rotatable bonds is 0. The fourth-order valence-corrected chi connectivity index (χ4v) is 1.13. The molecule has 1 aliphatic heterocycles. The van der Waals surface area contributed by atoms with Gasteiger partial charge in [-0.1, -0.05) is 0 Å². The van der Waals surface area contributed by atoms with Crippen LogP contribution < -0.4 is 0 Å². The second-order valence-electron chi connectivity index (χ2n) is 2.84. The van der Waals surface area contributed by atoms with Gasteiger partial charge in [-0.05, 0) is 6.42 Å². The van der Waals surface area contributed by atoms with Crippen LogP contribution in [0.1, 0.15) is 6.42 Å². The second kappa shape index (κ2) is 3.03. The van der Waals surface area contributed by atoms with E-state index in [0.29, 0.717) is 0 Å². The Hall–Kier alpha value is -0.950. The van der Waals surface area contributed by atoms with Crippen molar-refractivity contribution in [3.05, 3.63) is 0 Å². The SMILES string of the molecule is O=C(N1CCC1C(F)(F)F)C(F)(F)F. The number of hydrogen-bond donors (Lipinski definition) is 0. The van der Waals surface area contributed by atoms with Crippen molar-refractivity contribution in [1.29, 1.82) is 0 Å². The van der Waals surface area contributed by atoms with E-state index in [9.17, 15) is 31.1 Å². The monoisotopic (exact) mass is 221 g/mol. The molecule has 0 spiro atoms. The molecule has 0 saturated carbocycles. The molecule has 1 amide bonds. The minimum atomic E-state index is -5.23. The molecule has 1 rings (SSSR count). The van der Waals surface area contributed by atoms with Gasteiger partial charge in [0.2, 0.25) is 0 Å². The lowest BCUT2D eigenvalue weighted by molar-refractivity contribution is -0.232. The van der Waals surface area contributed by atoms with Crippen molar-refractivity contribution in [1.82, 2.24) is 4.90 Å². The molecule has 0 aromatic heterocycles. The maximum absolute atomic E-state index is 11.9. The van der Waals surface area contributed by atoms with Crippen LogP contribution in [0.25, 0.3) is 0 Å². The Morgan fingerprint density at radius 3 is 1.86 bits per heavy atom. The summed E-state index contributed by atoms with van der Waals surface area (Å²) in [7, 11) is 0. The predicted octanol–water partition coefficient (Wildman–Crippen LogP) is 1.71. The molecule has 0 bridgehead atoms. The molecule has 1 saturated heterocycles. The second-order valence-corrected chi connectivity index (χ2v) is 2.84. The minimum Gasteiger partial charge on any atom is -0.323 e. The summed E-state index contributed by atoms with van der Waals surface area (Å²) in [6.45, 7) is -0.498. The quantitative estimate of drug-likeness (QED) is 0.570. The zero-order chi connectivity index (χ0) is 11.1. The third-order valence-electron chi connectivity index (χ3n) is 1.90. The fourth-order valence-electron chi connectivity index (χ4n) is 1.13. The summed E-state index contributed by atoms with van der Waals surface area (Å²) in [4.78, 5) is 10.2. The van der Waals surface area contributed by atoms with E-state index >= 15 is 0 Å². The van der Waals surface area contributed by atoms with Gasteiger partial charge in [0.05, 0.1) is 0 Å². The molecule has 0 aromatic carbocycles. The van der Waals surface area contributed by atoms with Gasteiger partial charge in [0, 0.05) is 6.54 Å². The lowest BCUT2D eigenvalue weighted by atomic mass is 10.0. The Morgan fingerprint density at radius 2 is 1.64 bits per heavy atom. The van der Waals surface area contributed by atoms with Gasteiger partial charge in [-0.25, -0.2) is 0 Å². The number of carbonyl (C=O) groups excluding carboxylic acids is 1. The highest BCUT2D eigenvalue weighted by Gasteiger charge is 2.56. The van der Waals surface area contributed by atoms with Crippen molar-refractivity contribution in [3.63, 3.8) is 0 Å². The normalized spacial score (nSPS) is 23.3. The van der Waals surface area contributed by atoms with E-state index in [-0.39, 0.29) is 4.90 Å². The van der Waals surface area contributed by atoms with E-state index in [1.54, 1.807) is 0 Å². The first-order chi connectivity index (χ1) is 6.14. The van der Waals surface area contributed by atoms with E-state index in [4.69, 9.17) is 0 Å². The standard InChI is InChI=1S/C6H5F6NO/c7-5(8,9)3-1-2-13(3)4(14)6(10,11)12/h3H,1-2H2. The van der Waals surface area contributed by atoms with Gasteiger partial charge in [-0.2, -0.15) is 26.3 Å². The van der Waals surface area contributed by atoms with Gasteiger partial charge in [0.1, 0.15) is 6.04 Å². The minimum absolute atomic E-state index is 0.208. The highest BCUT2D eigenvalue weighted by atomic mass is 19.4. The van der Waals surface area contributed by atoms with E-state index in [1.807, 2.05) is 0 Å². The lowest BCUT2D eigenvalue weighted by Crippen LogP contribution is -2.61. The van der Waals surface area contributed by atoms with Crippen LogP contribution in [0.3, 0.4) is 0 Å². The predicted molar refractivity (Wildman–Crippen MR) is 32.2 cm³/mol. The Bertz CT molecular complexity index is 244. The Balaban J connectivity index is 2.69. The van der Waals surface area contributed by atoms with E-state index in [1.165, 1.54) is 0 Å².